The van der Waals surface area contributed by atoms with Gasteiger partial charge in [-0.15, -0.1) is 0 Å². The van der Waals surface area contributed by atoms with Crippen molar-refractivity contribution in [2.24, 2.45) is 0 Å². The van der Waals surface area contributed by atoms with Gasteiger partial charge in [-0.25, -0.2) is 0 Å². The van der Waals surface area contributed by atoms with Crippen LogP contribution in [0.2, 0.25) is 0 Å². The number of aromatic hydroxyl groups is 2. The molecule has 0 heterocycles. The van der Waals surface area contributed by atoms with Gasteiger partial charge in [0.1, 0.15) is 11.5 Å². The zero-order valence-corrected chi connectivity index (χ0v) is 16.3. The molecule has 0 bridgehead atoms. The Hall–Kier alpha value is -3.52. The molecule has 0 aliphatic carbocycles. The predicted molar refractivity (Wildman–Crippen MR) is 118 cm³/mol. The van der Waals surface area contributed by atoms with Gasteiger partial charge < -0.3 is 10.2 Å². The van der Waals surface area contributed by atoms with E-state index in [2.05, 4.69) is 54.6 Å². The minimum absolute atomic E-state index is 0.273. The molecular formula is C27H24O2. The maximum atomic E-state index is 10.4. The van der Waals surface area contributed by atoms with Crippen molar-refractivity contribution in [1.82, 2.24) is 0 Å². The molecular weight excluding hydrogens is 356 g/mol. The second-order valence-electron chi connectivity index (χ2n) is 7.41. The van der Waals surface area contributed by atoms with Gasteiger partial charge in [0.15, 0.2) is 0 Å². The summed E-state index contributed by atoms with van der Waals surface area (Å²) < 4.78 is 0. The Bertz CT molecular complexity index is 1080. The van der Waals surface area contributed by atoms with Gasteiger partial charge in [-0.3, -0.25) is 0 Å². The van der Waals surface area contributed by atoms with E-state index in [1.165, 1.54) is 16.7 Å². The molecule has 144 valence electrons. The van der Waals surface area contributed by atoms with Crippen molar-refractivity contribution < 1.29 is 10.2 Å². The smallest absolute Gasteiger partial charge is 0.119 e. The van der Waals surface area contributed by atoms with Gasteiger partial charge in [-0.05, 0) is 64.4 Å². The molecule has 4 aromatic carbocycles. The molecule has 0 spiro atoms. The lowest BCUT2D eigenvalue weighted by atomic mass is 9.93. The van der Waals surface area contributed by atoms with E-state index in [4.69, 9.17) is 0 Å². The molecule has 2 nitrogen and oxygen atoms in total. The highest BCUT2D eigenvalue weighted by molar-refractivity contribution is 5.44. The molecule has 0 fully saturated rings. The summed E-state index contributed by atoms with van der Waals surface area (Å²) >= 11 is 0. The van der Waals surface area contributed by atoms with Crippen LogP contribution in [0.3, 0.4) is 0 Å². The zero-order chi connectivity index (χ0) is 20.1. The van der Waals surface area contributed by atoms with Crippen molar-refractivity contribution in [2.45, 2.75) is 19.3 Å². The molecule has 2 N–H and O–H groups in total. The summed E-state index contributed by atoms with van der Waals surface area (Å²) in [6, 6.07) is 32.0. The van der Waals surface area contributed by atoms with Gasteiger partial charge in [-0.2, -0.15) is 0 Å². The van der Waals surface area contributed by atoms with E-state index in [9.17, 15) is 10.2 Å². The monoisotopic (exact) mass is 380 g/mol. The van der Waals surface area contributed by atoms with Crippen molar-refractivity contribution in [3.63, 3.8) is 0 Å². The van der Waals surface area contributed by atoms with Gasteiger partial charge in [-0.1, -0.05) is 78.9 Å². The van der Waals surface area contributed by atoms with Gasteiger partial charge in [0.2, 0.25) is 0 Å². The van der Waals surface area contributed by atoms with Crippen molar-refractivity contribution >= 4 is 0 Å². The summed E-state index contributed by atoms with van der Waals surface area (Å²) in [7, 11) is 0. The Morgan fingerprint density at radius 2 is 1.03 bits per heavy atom. The summed E-state index contributed by atoms with van der Waals surface area (Å²) in [6.45, 7) is 0. The third kappa shape index (κ3) is 4.85. The van der Waals surface area contributed by atoms with Gasteiger partial charge in [0.25, 0.3) is 0 Å². The van der Waals surface area contributed by atoms with Crippen LogP contribution < -0.4 is 0 Å². The van der Waals surface area contributed by atoms with E-state index in [0.29, 0.717) is 12.2 Å². The molecule has 0 aliphatic heterocycles. The topological polar surface area (TPSA) is 40.5 Å². The maximum Gasteiger partial charge on any atom is 0.119 e. The fourth-order valence-corrected chi connectivity index (χ4v) is 3.66. The van der Waals surface area contributed by atoms with Crippen molar-refractivity contribution in [3.8, 4) is 11.5 Å². The Balaban J connectivity index is 1.57. The molecule has 29 heavy (non-hydrogen) atoms. The van der Waals surface area contributed by atoms with Crippen molar-refractivity contribution in [1.29, 1.82) is 0 Å². The van der Waals surface area contributed by atoms with Crippen LogP contribution in [0.15, 0.2) is 97.1 Å². The van der Waals surface area contributed by atoms with Crippen molar-refractivity contribution in [3.05, 3.63) is 130 Å². The number of phenols is 2. The standard InChI is InChI=1S/C27H24O2/c28-26-13-10-21(11-14-26)16-22-12-15-27(29)25(18-22)19-24-9-5-4-8-23(24)17-20-6-2-1-3-7-20/h1-15,18,28-29H,16-17,19H2. The molecule has 0 aliphatic rings. The lowest BCUT2D eigenvalue weighted by molar-refractivity contribution is 0.469. The summed E-state index contributed by atoms with van der Waals surface area (Å²) in [4.78, 5) is 0. The second kappa shape index (κ2) is 8.66. The molecule has 0 atom stereocenters. The number of hydrogen-bond donors (Lipinski definition) is 2. The summed E-state index contributed by atoms with van der Waals surface area (Å²) in [6.07, 6.45) is 2.34. The molecule has 2 heteroatoms. The first-order valence-electron chi connectivity index (χ1n) is 9.87. The molecule has 0 radical (unpaired) electrons. The molecule has 4 aromatic rings. The quantitative estimate of drug-likeness (QED) is 0.439. The molecule has 0 aromatic heterocycles. The molecule has 0 unspecified atom stereocenters. The molecule has 0 amide bonds. The van der Waals surface area contributed by atoms with E-state index in [0.717, 1.165) is 29.5 Å². The van der Waals surface area contributed by atoms with Crippen LogP contribution >= 0.6 is 0 Å². The average molecular weight is 380 g/mol. The van der Waals surface area contributed by atoms with Crippen LogP contribution in [0, 0.1) is 0 Å². The Morgan fingerprint density at radius 1 is 0.448 bits per heavy atom. The largest absolute Gasteiger partial charge is 0.508 e. The lowest BCUT2D eigenvalue weighted by Crippen LogP contribution is -1.98. The molecule has 4 rings (SSSR count). The molecule has 0 saturated heterocycles. The summed E-state index contributed by atoms with van der Waals surface area (Å²) in [5, 5.41) is 19.9. The first-order chi connectivity index (χ1) is 14.2. The van der Waals surface area contributed by atoms with Crippen molar-refractivity contribution in [2.75, 3.05) is 0 Å². The fraction of sp³-hybridized carbons (Fsp3) is 0.111. The third-order valence-corrected chi connectivity index (χ3v) is 5.23. The highest BCUT2D eigenvalue weighted by Crippen LogP contribution is 2.26. The van der Waals surface area contributed by atoms with E-state index in [1.54, 1.807) is 18.2 Å². The Morgan fingerprint density at radius 3 is 1.76 bits per heavy atom. The minimum atomic E-state index is 0.273. The van der Waals surface area contributed by atoms with E-state index in [1.807, 2.05) is 24.3 Å². The maximum absolute atomic E-state index is 10.4. The molecule has 0 saturated carbocycles. The van der Waals surface area contributed by atoms with E-state index >= 15 is 0 Å². The number of benzene rings is 4. The lowest BCUT2D eigenvalue weighted by Gasteiger charge is -2.12. The van der Waals surface area contributed by atoms with Crippen LogP contribution in [0.1, 0.15) is 33.4 Å². The second-order valence-corrected chi connectivity index (χ2v) is 7.41. The first-order valence-corrected chi connectivity index (χ1v) is 9.87. The number of phenolic OH excluding ortho intramolecular Hbond substituents is 2. The summed E-state index contributed by atoms with van der Waals surface area (Å²) in [5.41, 5.74) is 7.00. The van der Waals surface area contributed by atoms with Crippen LogP contribution in [0.5, 0.6) is 11.5 Å². The van der Waals surface area contributed by atoms with Gasteiger partial charge in [0.05, 0.1) is 0 Å². The predicted octanol–water partition coefficient (Wildman–Crippen LogP) is 5.87. The summed E-state index contributed by atoms with van der Waals surface area (Å²) in [5.74, 6) is 0.601. The van der Waals surface area contributed by atoms with Crippen LogP contribution in [-0.4, -0.2) is 10.2 Å². The number of rotatable bonds is 6. The SMILES string of the molecule is Oc1ccc(Cc2ccc(O)c(Cc3ccccc3Cc3ccccc3)c2)cc1. The van der Waals surface area contributed by atoms with Crippen LogP contribution in [-0.2, 0) is 19.3 Å². The highest BCUT2D eigenvalue weighted by Gasteiger charge is 2.09. The normalized spacial score (nSPS) is 10.8. The third-order valence-electron chi connectivity index (χ3n) is 5.23. The average Bonchev–Trinajstić information content (AvgIpc) is 2.74. The van der Waals surface area contributed by atoms with Crippen LogP contribution in [0.4, 0.5) is 0 Å². The first kappa shape index (κ1) is 18.8. The zero-order valence-electron chi connectivity index (χ0n) is 16.3. The van der Waals surface area contributed by atoms with Gasteiger partial charge in [0, 0.05) is 6.42 Å². The van der Waals surface area contributed by atoms with E-state index < -0.39 is 0 Å². The van der Waals surface area contributed by atoms with Gasteiger partial charge >= 0.3 is 0 Å². The van der Waals surface area contributed by atoms with Crippen LogP contribution in [0.25, 0.3) is 0 Å². The number of hydrogen-bond acceptors (Lipinski definition) is 2. The Kier molecular flexibility index (Phi) is 5.62. The van der Waals surface area contributed by atoms with E-state index in [-0.39, 0.29) is 5.75 Å². The fourth-order valence-electron chi connectivity index (χ4n) is 3.66. The minimum Gasteiger partial charge on any atom is -0.508 e. The Labute approximate surface area is 171 Å². The highest BCUT2D eigenvalue weighted by atomic mass is 16.3.